The highest BCUT2D eigenvalue weighted by Crippen LogP contribution is 2.51. The van der Waals surface area contributed by atoms with E-state index in [4.69, 9.17) is 23.7 Å². The summed E-state index contributed by atoms with van der Waals surface area (Å²) in [7, 11) is 0. The largest absolute Gasteiger partial charge is 0.384 e. The second-order valence-corrected chi connectivity index (χ2v) is 5.03. The molecule has 1 fully saturated rings. The fraction of sp³-hybridized carbons (Fsp3) is 0.545. The van der Waals surface area contributed by atoms with E-state index in [2.05, 4.69) is 11.4 Å². The van der Waals surface area contributed by atoms with Crippen molar-refractivity contribution in [3.63, 3.8) is 0 Å². The lowest BCUT2D eigenvalue weighted by atomic mass is 9.66. The summed E-state index contributed by atoms with van der Waals surface area (Å²) < 4.78 is 0. The number of hydrogen-bond donors (Lipinski definition) is 3. The monoisotopic (exact) mass is 250 g/mol. The van der Waals surface area contributed by atoms with Crippen LogP contribution in [0.5, 0.6) is 0 Å². The van der Waals surface area contributed by atoms with E-state index in [-0.39, 0.29) is 5.82 Å². The summed E-state index contributed by atoms with van der Waals surface area (Å²) in [4.78, 5) is 12.0. The Morgan fingerprint density at radius 2 is 2.12 bits per heavy atom. The highest BCUT2D eigenvalue weighted by molar-refractivity contribution is 7.80. The van der Waals surface area contributed by atoms with E-state index < -0.39 is 17.2 Å². The van der Waals surface area contributed by atoms with Crippen LogP contribution in [0.1, 0.15) is 25.7 Å². The number of hydrogen-bond acceptors (Lipinski definition) is 4. The molecule has 6 heteroatoms. The quantitative estimate of drug-likeness (QED) is 0.579. The third-order valence-corrected chi connectivity index (χ3v) is 4.07. The molecule has 5 N–H and O–H groups in total. The van der Waals surface area contributed by atoms with Crippen LogP contribution in [0.3, 0.4) is 0 Å². The van der Waals surface area contributed by atoms with Crippen molar-refractivity contribution in [1.29, 1.82) is 5.26 Å². The van der Waals surface area contributed by atoms with Crippen LogP contribution in [0, 0.1) is 22.7 Å². The Bertz CT molecular complexity index is 457. The van der Waals surface area contributed by atoms with Crippen molar-refractivity contribution < 1.29 is 4.79 Å². The molecule has 2 aliphatic rings. The molecule has 1 unspecified atom stereocenters. The van der Waals surface area contributed by atoms with E-state index in [0.29, 0.717) is 10.6 Å². The minimum absolute atomic E-state index is 0.275. The molecule has 17 heavy (non-hydrogen) atoms. The highest BCUT2D eigenvalue weighted by Gasteiger charge is 2.52. The number of rotatable bonds is 1. The molecule has 1 aliphatic carbocycles. The maximum atomic E-state index is 11.6. The normalized spacial score (nSPS) is 26.8. The molecule has 1 spiro atoms. The molecule has 1 saturated carbocycles. The maximum absolute atomic E-state index is 11.6. The van der Waals surface area contributed by atoms with Crippen molar-refractivity contribution in [2.24, 2.45) is 22.8 Å². The van der Waals surface area contributed by atoms with E-state index in [9.17, 15) is 10.1 Å². The first kappa shape index (κ1) is 11.9. The number of allylic oxidation sites excluding steroid dienone is 1. The van der Waals surface area contributed by atoms with Gasteiger partial charge in [-0.3, -0.25) is 4.79 Å². The van der Waals surface area contributed by atoms with Gasteiger partial charge in [-0.1, -0.05) is 25.1 Å². The molecule has 90 valence electrons. The van der Waals surface area contributed by atoms with Gasteiger partial charge in [-0.05, 0) is 12.8 Å². The fourth-order valence-corrected chi connectivity index (χ4v) is 3.50. The van der Waals surface area contributed by atoms with Gasteiger partial charge in [0.05, 0.1) is 22.5 Å². The SMILES string of the molecule is N#CC1=C(N)NC(=S)C(C(N)=O)C12CCCC2. The van der Waals surface area contributed by atoms with Gasteiger partial charge in [0.2, 0.25) is 5.91 Å². The summed E-state index contributed by atoms with van der Waals surface area (Å²) in [5.41, 5.74) is 11.1. The Labute approximate surface area is 105 Å². The summed E-state index contributed by atoms with van der Waals surface area (Å²) in [6.45, 7) is 0. The maximum Gasteiger partial charge on any atom is 0.228 e. The van der Waals surface area contributed by atoms with Gasteiger partial charge in [-0.25, -0.2) is 0 Å². The predicted octanol–water partition coefficient (Wildman–Crippen LogP) is 0.273. The predicted molar refractivity (Wildman–Crippen MR) is 66.1 cm³/mol. The van der Waals surface area contributed by atoms with Crippen LogP contribution in [0.2, 0.25) is 0 Å². The van der Waals surface area contributed by atoms with Crippen LogP contribution in [-0.2, 0) is 4.79 Å². The molecule has 0 saturated heterocycles. The van der Waals surface area contributed by atoms with Crippen LogP contribution < -0.4 is 16.8 Å². The second-order valence-electron chi connectivity index (χ2n) is 4.59. The van der Waals surface area contributed by atoms with Gasteiger partial charge in [0.25, 0.3) is 0 Å². The zero-order valence-electron chi connectivity index (χ0n) is 9.32. The number of carbonyl (C=O) groups excluding carboxylic acids is 1. The lowest BCUT2D eigenvalue weighted by Crippen LogP contribution is -2.53. The Morgan fingerprint density at radius 3 is 2.59 bits per heavy atom. The number of nitrogens with zero attached hydrogens (tertiary/aromatic N) is 1. The number of nitrogens with two attached hydrogens (primary N) is 2. The minimum Gasteiger partial charge on any atom is -0.384 e. The van der Waals surface area contributed by atoms with Gasteiger partial charge >= 0.3 is 0 Å². The number of thiocarbonyl (C=S) groups is 1. The smallest absolute Gasteiger partial charge is 0.228 e. The Hall–Kier alpha value is -1.61. The molecule has 0 aromatic rings. The molecule has 1 atom stereocenters. The standard InChI is InChI=1S/C11H14N4OS/c12-5-6-8(13)15-10(17)7(9(14)16)11(6)3-1-2-4-11/h7H,1-4,13H2,(H2,14,16)(H,15,17). The van der Waals surface area contributed by atoms with Crippen LogP contribution in [0.25, 0.3) is 0 Å². The van der Waals surface area contributed by atoms with Crippen molar-refractivity contribution in [3.05, 3.63) is 11.4 Å². The molecule has 5 nitrogen and oxygen atoms in total. The minimum atomic E-state index is -0.609. The van der Waals surface area contributed by atoms with Gasteiger partial charge in [-0.2, -0.15) is 5.26 Å². The average Bonchev–Trinajstić information content (AvgIpc) is 2.66. The van der Waals surface area contributed by atoms with Crippen LogP contribution in [-0.4, -0.2) is 10.9 Å². The van der Waals surface area contributed by atoms with Gasteiger partial charge in [0, 0.05) is 5.41 Å². The first-order valence-corrected chi connectivity index (χ1v) is 5.94. The number of nitriles is 1. The van der Waals surface area contributed by atoms with E-state index in [1.165, 1.54) is 0 Å². The molecule has 1 aliphatic heterocycles. The number of amides is 1. The highest BCUT2D eigenvalue weighted by atomic mass is 32.1. The molecule has 1 heterocycles. The third-order valence-electron chi connectivity index (χ3n) is 3.73. The summed E-state index contributed by atoms with van der Waals surface area (Å²) in [5.74, 6) is -0.816. The van der Waals surface area contributed by atoms with Crippen LogP contribution in [0.15, 0.2) is 11.4 Å². The Morgan fingerprint density at radius 1 is 1.53 bits per heavy atom. The first-order chi connectivity index (χ1) is 8.03. The zero-order valence-corrected chi connectivity index (χ0v) is 10.1. The van der Waals surface area contributed by atoms with Crippen LogP contribution in [0.4, 0.5) is 0 Å². The average molecular weight is 250 g/mol. The van der Waals surface area contributed by atoms with Gasteiger partial charge in [-0.15, -0.1) is 0 Å². The molecule has 0 bridgehead atoms. The zero-order chi connectivity index (χ0) is 12.6. The Kier molecular flexibility index (Phi) is 2.79. The van der Waals surface area contributed by atoms with Gasteiger partial charge in [0.15, 0.2) is 0 Å². The molecule has 0 aromatic heterocycles. The van der Waals surface area contributed by atoms with Crippen molar-refractivity contribution in [1.82, 2.24) is 5.32 Å². The molecule has 1 amide bonds. The topological polar surface area (TPSA) is 105 Å². The van der Waals surface area contributed by atoms with E-state index in [1.54, 1.807) is 0 Å². The van der Waals surface area contributed by atoms with E-state index in [0.717, 1.165) is 25.7 Å². The summed E-state index contributed by atoms with van der Waals surface area (Å²) in [5, 5.41) is 12.0. The summed E-state index contributed by atoms with van der Waals surface area (Å²) >= 11 is 5.16. The molecule has 0 aromatic carbocycles. The van der Waals surface area contributed by atoms with E-state index in [1.807, 2.05) is 0 Å². The Balaban J connectivity index is 2.59. The van der Waals surface area contributed by atoms with Crippen molar-refractivity contribution in [3.8, 4) is 6.07 Å². The third kappa shape index (κ3) is 1.58. The van der Waals surface area contributed by atoms with Crippen molar-refractivity contribution in [2.75, 3.05) is 0 Å². The van der Waals surface area contributed by atoms with Gasteiger partial charge in [0.1, 0.15) is 5.82 Å². The van der Waals surface area contributed by atoms with Gasteiger partial charge < -0.3 is 16.8 Å². The number of nitrogens with one attached hydrogen (secondary N) is 1. The molecular weight excluding hydrogens is 236 g/mol. The number of carbonyl (C=O) groups is 1. The second kappa shape index (κ2) is 4.00. The molecule has 0 radical (unpaired) electrons. The fourth-order valence-electron chi connectivity index (χ4n) is 3.05. The van der Waals surface area contributed by atoms with Crippen molar-refractivity contribution in [2.45, 2.75) is 25.7 Å². The molecule has 2 rings (SSSR count). The lowest BCUT2D eigenvalue weighted by Gasteiger charge is -2.40. The van der Waals surface area contributed by atoms with Crippen molar-refractivity contribution >= 4 is 23.1 Å². The summed E-state index contributed by atoms with van der Waals surface area (Å²) in [6, 6.07) is 2.12. The summed E-state index contributed by atoms with van der Waals surface area (Å²) in [6.07, 6.45) is 3.41. The van der Waals surface area contributed by atoms with Crippen LogP contribution >= 0.6 is 12.2 Å². The first-order valence-electron chi connectivity index (χ1n) is 5.53. The van der Waals surface area contributed by atoms with E-state index >= 15 is 0 Å². The molecular formula is C11H14N4OS. The number of primary amides is 1. The lowest BCUT2D eigenvalue weighted by molar-refractivity contribution is -0.122.